The number of aliphatic hydroxyl groups is 1. The Hall–Kier alpha value is -1.21. The number of carbonyl (C=O) groups excluding carboxylic acids is 1. The minimum atomic E-state index is -0.769. The number of rotatable bonds is 5. The number of fused-ring (bicyclic) bond motifs is 1. The molecule has 1 aromatic carbocycles. The van der Waals surface area contributed by atoms with E-state index in [1.54, 1.807) is 13.1 Å². The molecule has 114 valence electrons. The number of thiophene rings is 1. The van der Waals surface area contributed by atoms with Crippen LogP contribution >= 0.6 is 22.9 Å². The van der Waals surface area contributed by atoms with Crippen LogP contribution in [0.15, 0.2) is 18.2 Å². The first-order valence-electron chi connectivity index (χ1n) is 6.24. The SMILES string of the molecule is COCC(O)CN(C)C(=O)c1sc2cc(F)ccc2c1Cl. The van der Waals surface area contributed by atoms with Crippen LogP contribution in [0.3, 0.4) is 0 Å². The maximum atomic E-state index is 13.2. The smallest absolute Gasteiger partial charge is 0.265 e. The standard InChI is InChI=1S/C14H15ClFNO3S/c1-17(6-9(18)7-20-2)14(19)13-12(15)10-4-3-8(16)5-11(10)21-13/h3-5,9,18H,6-7H2,1-2H3. The molecule has 0 fully saturated rings. The van der Waals surface area contributed by atoms with Crippen LogP contribution in [-0.2, 0) is 4.74 Å². The van der Waals surface area contributed by atoms with E-state index >= 15 is 0 Å². The molecule has 1 unspecified atom stereocenters. The molecule has 1 N–H and O–H groups in total. The third kappa shape index (κ3) is 3.52. The van der Waals surface area contributed by atoms with Gasteiger partial charge in [-0.2, -0.15) is 0 Å². The topological polar surface area (TPSA) is 49.8 Å². The largest absolute Gasteiger partial charge is 0.389 e. The van der Waals surface area contributed by atoms with Gasteiger partial charge in [0.05, 0.1) is 17.7 Å². The molecular weight excluding hydrogens is 317 g/mol. The normalized spacial score (nSPS) is 12.6. The number of aliphatic hydroxyl groups excluding tert-OH is 1. The van der Waals surface area contributed by atoms with Crippen molar-refractivity contribution in [2.75, 3.05) is 27.3 Å². The van der Waals surface area contributed by atoms with Crippen LogP contribution in [0.25, 0.3) is 10.1 Å². The van der Waals surface area contributed by atoms with Crippen LogP contribution in [0.2, 0.25) is 5.02 Å². The van der Waals surface area contributed by atoms with Gasteiger partial charge in [0.15, 0.2) is 0 Å². The Labute approximate surface area is 130 Å². The quantitative estimate of drug-likeness (QED) is 0.916. The van der Waals surface area contributed by atoms with E-state index in [-0.39, 0.29) is 24.9 Å². The molecule has 1 heterocycles. The third-order valence-electron chi connectivity index (χ3n) is 2.98. The summed E-state index contributed by atoms with van der Waals surface area (Å²) in [5.74, 6) is -0.681. The van der Waals surface area contributed by atoms with Gasteiger partial charge in [-0.3, -0.25) is 4.79 Å². The summed E-state index contributed by atoms with van der Waals surface area (Å²) in [6, 6.07) is 4.21. The Kier molecular flexibility index (Phi) is 5.16. The summed E-state index contributed by atoms with van der Waals surface area (Å²) in [5, 5.41) is 10.6. The monoisotopic (exact) mass is 331 g/mol. The lowest BCUT2D eigenvalue weighted by Crippen LogP contribution is -2.36. The van der Waals surface area contributed by atoms with Crippen LogP contribution in [0.1, 0.15) is 9.67 Å². The van der Waals surface area contributed by atoms with Gasteiger partial charge in [-0.15, -0.1) is 11.3 Å². The number of ether oxygens (including phenoxy) is 1. The Morgan fingerprint density at radius 2 is 2.29 bits per heavy atom. The summed E-state index contributed by atoms with van der Waals surface area (Å²) in [6.45, 7) is 0.272. The third-order valence-corrected chi connectivity index (χ3v) is 4.62. The lowest BCUT2D eigenvalue weighted by atomic mass is 10.2. The first kappa shape index (κ1) is 16.2. The van der Waals surface area contributed by atoms with Gasteiger partial charge in [-0.1, -0.05) is 11.6 Å². The van der Waals surface area contributed by atoms with E-state index in [0.29, 0.717) is 20.0 Å². The zero-order valence-electron chi connectivity index (χ0n) is 11.6. The molecule has 1 atom stereocenters. The molecule has 0 bridgehead atoms. The molecule has 1 aromatic heterocycles. The number of hydrogen-bond acceptors (Lipinski definition) is 4. The lowest BCUT2D eigenvalue weighted by molar-refractivity contribution is 0.0382. The first-order valence-corrected chi connectivity index (χ1v) is 7.43. The second-order valence-electron chi connectivity index (χ2n) is 4.68. The van der Waals surface area contributed by atoms with Gasteiger partial charge < -0.3 is 14.7 Å². The van der Waals surface area contributed by atoms with E-state index in [1.807, 2.05) is 0 Å². The van der Waals surface area contributed by atoms with Crippen molar-refractivity contribution in [3.05, 3.63) is 33.9 Å². The Morgan fingerprint density at radius 1 is 1.57 bits per heavy atom. The van der Waals surface area contributed by atoms with Crippen LogP contribution in [0.5, 0.6) is 0 Å². The van der Waals surface area contributed by atoms with E-state index in [1.165, 1.54) is 24.1 Å². The summed E-state index contributed by atoms with van der Waals surface area (Å²) in [6.07, 6.45) is -0.769. The van der Waals surface area contributed by atoms with Crippen molar-refractivity contribution in [2.45, 2.75) is 6.10 Å². The van der Waals surface area contributed by atoms with Crippen molar-refractivity contribution < 1.29 is 19.0 Å². The van der Waals surface area contributed by atoms with Crippen molar-refractivity contribution >= 4 is 38.9 Å². The predicted molar refractivity (Wildman–Crippen MR) is 81.6 cm³/mol. The van der Waals surface area contributed by atoms with Crippen LogP contribution in [0, 0.1) is 5.82 Å². The number of halogens is 2. The van der Waals surface area contributed by atoms with Gasteiger partial charge in [0.25, 0.3) is 5.91 Å². The molecule has 0 saturated carbocycles. The van der Waals surface area contributed by atoms with Crippen molar-refractivity contribution in [1.29, 1.82) is 0 Å². The van der Waals surface area contributed by atoms with Gasteiger partial charge in [0, 0.05) is 30.8 Å². The van der Waals surface area contributed by atoms with E-state index in [0.717, 1.165) is 11.3 Å². The van der Waals surface area contributed by atoms with E-state index < -0.39 is 6.10 Å². The Bertz CT molecular complexity index is 661. The Morgan fingerprint density at radius 3 is 2.95 bits per heavy atom. The fourth-order valence-electron chi connectivity index (χ4n) is 1.99. The fraction of sp³-hybridized carbons (Fsp3) is 0.357. The van der Waals surface area contributed by atoms with E-state index in [4.69, 9.17) is 16.3 Å². The number of nitrogens with zero attached hydrogens (tertiary/aromatic N) is 1. The maximum absolute atomic E-state index is 13.2. The number of likely N-dealkylation sites (N-methyl/N-ethyl adjacent to an activating group) is 1. The van der Waals surface area contributed by atoms with Crippen LogP contribution in [0.4, 0.5) is 4.39 Å². The van der Waals surface area contributed by atoms with Gasteiger partial charge in [-0.25, -0.2) is 4.39 Å². The zero-order valence-corrected chi connectivity index (χ0v) is 13.2. The second-order valence-corrected chi connectivity index (χ2v) is 6.11. The van der Waals surface area contributed by atoms with E-state index in [9.17, 15) is 14.3 Å². The van der Waals surface area contributed by atoms with Gasteiger partial charge in [0.2, 0.25) is 0 Å². The number of hydrogen-bond donors (Lipinski definition) is 1. The van der Waals surface area contributed by atoms with Crippen LogP contribution < -0.4 is 0 Å². The predicted octanol–water partition coefficient (Wildman–Crippen LogP) is 2.77. The molecule has 2 rings (SSSR count). The zero-order chi connectivity index (χ0) is 15.6. The van der Waals surface area contributed by atoms with Gasteiger partial charge >= 0.3 is 0 Å². The molecule has 0 spiro atoms. The maximum Gasteiger partial charge on any atom is 0.265 e. The van der Waals surface area contributed by atoms with Gasteiger partial charge in [0.1, 0.15) is 10.7 Å². The highest BCUT2D eigenvalue weighted by molar-refractivity contribution is 7.21. The average Bonchev–Trinajstić information content (AvgIpc) is 2.74. The van der Waals surface area contributed by atoms with Crippen molar-refractivity contribution in [3.63, 3.8) is 0 Å². The molecule has 4 nitrogen and oxygen atoms in total. The molecule has 0 aliphatic carbocycles. The molecule has 7 heteroatoms. The molecule has 1 amide bonds. The summed E-state index contributed by atoms with van der Waals surface area (Å²) >= 11 is 7.34. The minimum absolute atomic E-state index is 0.131. The summed E-state index contributed by atoms with van der Waals surface area (Å²) < 4.78 is 18.7. The molecule has 0 aliphatic heterocycles. The molecule has 21 heavy (non-hydrogen) atoms. The number of carbonyl (C=O) groups is 1. The number of methoxy groups -OCH3 is 1. The number of benzene rings is 1. The van der Waals surface area contributed by atoms with Crippen LogP contribution in [-0.4, -0.2) is 49.3 Å². The molecule has 0 aliphatic rings. The Balaban J connectivity index is 2.24. The number of amides is 1. The average molecular weight is 332 g/mol. The minimum Gasteiger partial charge on any atom is -0.389 e. The first-order chi connectivity index (χ1) is 9.93. The van der Waals surface area contributed by atoms with E-state index in [2.05, 4.69) is 0 Å². The van der Waals surface area contributed by atoms with Crippen molar-refractivity contribution in [3.8, 4) is 0 Å². The molecule has 0 saturated heterocycles. The highest BCUT2D eigenvalue weighted by Gasteiger charge is 2.22. The summed E-state index contributed by atoms with van der Waals surface area (Å²) in [4.78, 5) is 14.1. The molecular formula is C14H15ClFNO3S. The molecule has 0 radical (unpaired) electrons. The van der Waals surface area contributed by atoms with Gasteiger partial charge in [-0.05, 0) is 18.2 Å². The fourth-order valence-corrected chi connectivity index (χ4v) is 3.53. The second kappa shape index (κ2) is 6.70. The van der Waals surface area contributed by atoms with Crippen molar-refractivity contribution in [1.82, 2.24) is 4.90 Å². The summed E-state index contributed by atoms with van der Waals surface area (Å²) in [5.41, 5.74) is 0. The molecule has 2 aromatic rings. The van der Waals surface area contributed by atoms with Crippen molar-refractivity contribution in [2.24, 2.45) is 0 Å². The highest BCUT2D eigenvalue weighted by atomic mass is 35.5. The lowest BCUT2D eigenvalue weighted by Gasteiger charge is -2.19. The highest BCUT2D eigenvalue weighted by Crippen LogP contribution is 2.36. The summed E-state index contributed by atoms with van der Waals surface area (Å²) in [7, 11) is 3.05.